The lowest BCUT2D eigenvalue weighted by atomic mass is 10.3. The van der Waals surface area contributed by atoms with Crippen molar-refractivity contribution in [1.29, 1.82) is 0 Å². The van der Waals surface area contributed by atoms with E-state index in [9.17, 15) is 0 Å². The van der Waals surface area contributed by atoms with E-state index >= 15 is 0 Å². The molecule has 2 nitrogen and oxygen atoms in total. The van der Waals surface area contributed by atoms with Gasteiger partial charge in [0, 0.05) is 20.0 Å². The molecule has 70 valence electrons. The van der Waals surface area contributed by atoms with Crippen molar-refractivity contribution in [2.75, 3.05) is 6.61 Å². The molecule has 0 aliphatic heterocycles. The van der Waals surface area contributed by atoms with Crippen LogP contribution >= 0.6 is 11.3 Å². The van der Waals surface area contributed by atoms with Crippen LogP contribution < -0.4 is 21.5 Å². The van der Waals surface area contributed by atoms with Crippen LogP contribution in [0.25, 0.3) is 0 Å². The van der Waals surface area contributed by atoms with Crippen molar-refractivity contribution < 1.29 is 26.7 Å². The van der Waals surface area contributed by atoms with Gasteiger partial charge in [-0.3, -0.25) is 0 Å². The highest BCUT2D eigenvalue weighted by atomic mass is 79.9. The largest absolute Gasteiger partial charge is 1.00 e. The van der Waals surface area contributed by atoms with E-state index in [0.717, 1.165) is 13.0 Å². The zero-order chi connectivity index (χ0) is 8.27. The number of rotatable bonds is 3. The van der Waals surface area contributed by atoms with Gasteiger partial charge in [0.05, 0.1) is 4.88 Å². The lowest BCUT2D eigenvalue weighted by molar-refractivity contribution is -0.694. The minimum atomic E-state index is 0. The molecular weight excluding hydrogens is 238 g/mol. The Morgan fingerprint density at radius 2 is 2.25 bits per heavy atom. The third-order valence-electron chi connectivity index (χ3n) is 1.84. The van der Waals surface area contributed by atoms with Gasteiger partial charge in [-0.15, -0.1) is 0 Å². The Bertz CT molecular complexity index is 237. The number of aliphatic hydroxyl groups is 1. The van der Waals surface area contributed by atoms with Gasteiger partial charge in [-0.2, -0.15) is 4.57 Å². The molecule has 0 radical (unpaired) electrons. The second kappa shape index (κ2) is 5.67. The molecule has 0 bridgehead atoms. The maximum Gasteiger partial charge on any atom is 0.225 e. The third kappa shape index (κ3) is 2.54. The summed E-state index contributed by atoms with van der Waals surface area (Å²) in [6.07, 6.45) is 0.795. The summed E-state index contributed by atoms with van der Waals surface area (Å²) in [5.41, 5.74) is 3.41. The molecule has 0 aliphatic carbocycles. The van der Waals surface area contributed by atoms with E-state index in [1.54, 1.807) is 11.3 Å². The first-order chi connectivity index (χ1) is 5.29. The van der Waals surface area contributed by atoms with Crippen molar-refractivity contribution in [2.24, 2.45) is 0 Å². The Kier molecular flexibility index (Phi) is 5.70. The highest BCUT2D eigenvalue weighted by Crippen LogP contribution is 2.10. The Morgan fingerprint density at radius 3 is 2.67 bits per heavy atom. The van der Waals surface area contributed by atoms with Gasteiger partial charge >= 0.3 is 0 Å². The number of thiazole rings is 1. The second-order valence-corrected chi connectivity index (χ2v) is 3.43. The Balaban J connectivity index is 0.00000121. The molecule has 0 aromatic carbocycles. The number of aromatic nitrogens is 1. The molecule has 0 atom stereocenters. The molecule has 1 aromatic rings. The van der Waals surface area contributed by atoms with Crippen LogP contribution in [0, 0.1) is 6.92 Å². The molecule has 1 heterocycles. The van der Waals surface area contributed by atoms with E-state index in [-0.39, 0.29) is 23.6 Å². The van der Waals surface area contributed by atoms with Crippen molar-refractivity contribution in [3.05, 3.63) is 16.1 Å². The smallest absolute Gasteiger partial charge is 0.225 e. The van der Waals surface area contributed by atoms with E-state index in [1.807, 2.05) is 0 Å². The standard InChI is InChI=1S/C8H14NOS.BrH/c1-3-9-6-11-8(4-5-10)7(9)2;/h6,10H,3-5H2,1-2H3;1H/q+1;/p-1. The monoisotopic (exact) mass is 251 g/mol. The normalized spacial score (nSPS) is 9.58. The van der Waals surface area contributed by atoms with Crippen LogP contribution in [0.5, 0.6) is 0 Å². The summed E-state index contributed by atoms with van der Waals surface area (Å²) in [5.74, 6) is 0. The summed E-state index contributed by atoms with van der Waals surface area (Å²) in [6, 6.07) is 0. The number of hydrogen-bond donors (Lipinski definition) is 1. The average molecular weight is 252 g/mol. The van der Waals surface area contributed by atoms with Gasteiger partial charge in [0.25, 0.3) is 0 Å². The lowest BCUT2D eigenvalue weighted by Crippen LogP contribution is -3.00. The minimum absolute atomic E-state index is 0. The first-order valence-corrected chi connectivity index (χ1v) is 4.74. The summed E-state index contributed by atoms with van der Waals surface area (Å²) >= 11 is 1.73. The fourth-order valence-corrected chi connectivity index (χ4v) is 2.16. The average Bonchev–Trinajstić information content (AvgIpc) is 2.34. The second-order valence-electron chi connectivity index (χ2n) is 2.49. The summed E-state index contributed by atoms with van der Waals surface area (Å²) < 4.78 is 2.20. The van der Waals surface area contributed by atoms with E-state index in [2.05, 4.69) is 23.9 Å². The van der Waals surface area contributed by atoms with E-state index < -0.39 is 0 Å². The molecule has 0 fully saturated rings. The number of aliphatic hydroxyl groups excluding tert-OH is 1. The first-order valence-electron chi connectivity index (χ1n) is 3.86. The molecule has 0 unspecified atom stereocenters. The SMILES string of the molecule is CC[n+]1csc(CCO)c1C.[Br-]. The molecule has 0 saturated heterocycles. The van der Waals surface area contributed by atoms with Crippen LogP contribution in [0.2, 0.25) is 0 Å². The summed E-state index contributed by atoms with van der Waals surface area (Å²) in [5, 5.41) is 8.72. The third-order valence-corrected chi connectivity index (χ3v) is 2.98. The number of nitrogens with zero attached hydrogens (tertiary/aromatic N) is 1. The van der Waals surface area contributed by atoms with Crippen molar-refractivity contribution >= 4 is 11.3 Å². The van der Waals surface area contributed by atoms with E-state index in [1.165, 1.54) is 10.6 Å². The zero-order valence-electron chi connectivity index (χ0n) is 7.38. The molecule has 0 spiro atoms. The maximum atomic E-state index is 8.72. The van der Waals surface area contributed by atoms with Gasteiger partial charge in [0.1, 0.15) is 6.54 Å². The summed E-state index contributed by atoms with van der Waals surface area (Å²) in [4.78, 5) is 1.30. The van der Waals surface area contributed by atoms with Crippen LogP contribution in [-0.4, -0.2) is 11.7 Å². The minimum Gasteiger partial charge on any atom is -1.00 e. The topological polar surface area (TPSA) is 24.1 Å². The first kappa shape index (κ1) is 12.1. The molecule has 0 aliphatic rings. The van der Waals surface area contributed by atoms with E-state index in [4.69, 9.17) is 5.11 Å². The van der Waals surface area contributed by atoms with E-state index in [0.29, 0.717) is 0 Å². The van der Waals surface area contributed by atoms with Crippen LogP contribution in [0.3, 0.4) is 0 Å². The highest BCUT2D eigenvalue weighted by Gasteiger charge is 2.11. The number of aryl methyl sites for hydroxylation is 1. The summed E-state index contributed by atoms with van der Waals surface area (Å²) in [7, 11) is 0. The number of halogens is 1. The molecule has 4 heteroatoms. The molecule has 1 rings (SSSR count). The molecule has 1 N–H and O–H groups in total. The molecule has 0 amide bonds. The van der Waals surface area contributed by atoms with Gasteiger partial charge in [-0.05, 0) is 6.92 Å². The van der Waals surface area contributed by atoms with Crippen molar-refractivity contribution in [2.45, 2.75) is 26.8 Å². The lowest BCUT2D eigenvalue weighted by Gasteiger charge is -1.90. The molecule has 0 saturated carbocycles. The van der Waals surface area contributed by atoms with Gasteiger partial charge < -0.3 is 22.1 Å². The highest BCUT2D eigenvalue weighted by molar-refractivity contribution is 7.09. The molecular formula is C8H14BrNOS. The molecule has 12 heavy (non-hydrogen) atoms. The Morgan fingerprint density at radius 1 is 1.58 bits per heavy atom. The van der Waals surface area contributed by atoms with Crippen molar-refractivity contribution in [3.8, 4) is 0 Å². The fourth-order valence-electron chi connectivity index (χ4n) is 1.10. The van der Waals surface area contributed by atoms with Gasteiger partial charge in [0.15, 0.2) is 5.69 Å². The van der Waals surface area contributed by atoms with Crippen molar-refractivity contribution in [3.63, 3.8) is 0 Å². The van der Waals surface area contributed by atoms with Crippen LogP contribution in [0.15, 0.2) is 5.51 Å². The predicted molar refractivity (Wildman–Crippen MR) is 45.7 cm³/mol. The molecule has 1 aromatic heterocycles. The Labute approximate surface area is 87.6 Å². The Hall–Kier alpha value is 0.0700. The van der Waals surface area contributed by atoms with Crippen LogP contribution in [-0.2, 0) is 13.0 Å². The van der Waals surface area contributed by atoms with Gasteiger partial charge in [0.2, 0.25) is 5.51 Å². The fraction of sp³-hybridized carbons (Fsp3) is 0.625. The summed E-state index contributed by atoms with van der Waals surface area (Å²) in [6.45, 7) is 5.51. The van der Waals surface area contributed by atoms with Crippen LogP contribution in [0.4, 0.5) is 0 Å². The van der Waals surface area contributed by atoms with Crippen molar-refractivity contribution in [1.82, 2.24) is 0 Å². The number of hydrogen-bond acceptors (Lipinski definition) is 2. The van der Waals surface area contributed by atoms with Crippen LogP contribution in [0.1, 0.15) is 17.5 Å². The van der Waals surface area contributed by atoms with Gasteiger partial charge in [-0.25, -0.2) is 0 Å². The predicted octanol–water partition coefficient (Wildman–Crippen LogP) is -2.10. The maximum absolute atomic E-state index is 8.72. The van der Waals surface area contributed by atoms with Gasteiger partial charge in [-0.1, -0.05) is 11.3 Å². The zero-order valence-corrected chi connectivity index (χ0v) is 9.78. The quantitative estimate of drug-likeness (QED) is 0.612.